The van der Waals surface area contributed by atoms with Crippen molar-refractivity contribution in [2.45, 2.75) is 52.2 Å². The number of fused-ring (bicyclic) bond motifs is 1. The van der Waals surface area contributed by atoms with Crippen LogP contribution in [0.1, 0.15) is 38.2 Å². The normalized spacial score (nSPS) is 14.2. The van der Waals surface area contributed by atoms with Gasteiger partial charge >= 0.3 is 5.69 Å². The summed E-state index contributed by atoms with van der Waals surface area (Å²) in [6.07, 6.45) is 4.05. The molecule has 164 valence electrons. The summed E-state index contributed by atoms with van der Waals surface area (Å²) in [5, 5.41) is 0. The zero-order chi connectivity index (χ0) is 21.8. The number of anilines is 1. The number of amides is 1. The first-order valence-corrected chi connectivity index (χ1v) is 11.3. The highest BCUT2D eigenvalue weighted by molar-refractivity contribution is 5.78. The lowest BCUT2D eigenvalue weighted by Crippen LogP contribution is -2.32. The van der Waals surface area contributed by atoms with Crippen LogP contribution in [-0.4, -0.2) is 40.1 Å². The first kappa shape index (κ1) is 21.2. The molecule has 2 aromatic carbocycles. The number of aromatic nitrogens is 2. The van der Waals surface area contributed by atoms with Gasteiger partial charge in [0.1, 0.15) is 0 Å². The third kappa shape index (κ3) is 4.38. The van der Waals surface area contributed by atoms with Crippen LogP contribution in [0.2, 0.25) is 0 Å². The fourth-order valence-electron chi connectivity index (χ4n) is 4.62. The predicted molar refractivity (Wildman–Crippen MR) is 125 cm³/mol. The van der Waals surface area contributed by atoms with Crippen molar-refractivity contribution < 1.29 is 4.79 Å². The molecular weight excluding hydrogens is 388 g/mol. The molecule has 0 bridgehead atoms. The van der Waals surface area contributed by atoms with Crippen LogP contribution in [0.15, 0.2) is 53.3 Å². The molecule has 1 fully saturated rings. The highest BCUT2D eigenvalue weighted by atomic mass is 16.2. The summed E-state index contributed by atoms with van der Waals surface area (Å²) in [6.45, 7) is 5.73. The molecule has 6 heteroatoms. The largest absolute Gasteiger partial charge is 0.371 e. The van der Waals surface area contributed by atoms with Crippen molar-refractivity contribution in [3.05, 3.63) is 64.6 Å². The molecule has 3 aromatic rings. The Hall–Kier alpha value is -3.02. The first-order valence-electron chi connectivity index (χ1n) is 11.3. The monoisotopic (exact) mass is 420 g/mol. The second-order valence-electron chi connectivity index (χ2n) is 8.34. The summed E-state index contributed by atoms with van der Waals surface area (Å²) >= 11 is 0. The summed E-state index contributed by atoms with van der Waals surface area (Å²) in [5.41, 5.74) is 4.19. The Kier molecular flexibility index (Phi) is 6.44. The van der Waals surface area contributed by atoms with Crippen LogP contribution in [0.25, 0.3) is 11.0 Å². The minimum atomic E-state index is -0.0467. The molecule has 4 rings (SSSR count). The molecule has 1 aromatic heterocycles. The van der Waals surface area contributed by atoms with Crippen LogP contribution in [0, 0.1) is 0 Å². The Labute approximate surface area is 183 Å². The fraction of sp³-hybridized carbons (Fsp3) is 0.440. The van der Waals surface area contributed by atoms with Gasteiger partial charge in [-0.15, -0.1) is 0 Å². The Morgan fingerprint density at radius 3 is 2.29 bits per heavy atom. The van der Waals surface area contributed by atoms with Crippen LogP contribution in [0.4, 0.5) is 5.69 Å². The van der Waals surface area contributed by atoms with Gasteiger partial charge in [0.15, 0.2) is 0 Å². The standard InChI is InChI=1S/C25H32N4O2/c1-3-28-22-13-7-8-14-23(22)29(25(28)31)18-15-24(30)26(2)19-20-11-5-6-12-21(20)27-16-9-4-10-17-27/h5-8,11-14H,3-4,9-10,15-19H2,1-2H3. The van der Waals surface area contributed by atoms with Crippen molar-refractivity contribution in [3.8, 4) is 0 Å². The average Bonchev–Trinajstić information content (AvgIpc) is 3.08. The van der Waals surface area contributed by atoms with Gasteiger partial charge in [0.05, 0.1) is 11.0 Å². The van der Waals surface area contributed by atoms with Crippen LogP contribution >= 0.6 is 0 Å². The average molecular weight is 421 g/mol. The van der Waals surface area contributed by atoms with E-state index in [1.807, 2.05) is 44.3 Å². The number of para-hydroxylation sites is 3. The van der Waals surface area contributed by atoms with Gasteiger partial charge < -0.3 is 9.80 Å². The molecular formula is C25H32N4O2. The van der Waals surface area contributed by atoms with Crippen molar-refractivity contribution in [2.75, 3.05) is 25.0 Å². The number of piperidine rings is 1. The topological polar surface area (TPSA) is 50.5 Å². The third-order valence-corrected chi connectivity index (χ3v) is 6.31. The number of hydrogen-bond donors (Lipinski definition) is 0. The Balaban J connectivity index is 1.46. The van der Waals surface area contributed by atoms with Crippen molar-refractivity contribution >= 4 is 22.6 Å². The summed E-state index contributed by atoms with van der Waals surface area (Å²) in [7, 11) is 1.85. The van der Waals surface area contributed by atoms with E-state index < -0.39 is 0 Å². The zero-order valence-corrected chi connectivity index (χ0v) is 18.6. The molecule has 0 spiro atoms. The van der Waals surface area contributed by atoms with E-state index >= 15 is 0 Å². The van der Waals surface area contributed by atoms with Gasteiger partial charge in [-0.2, -0.15) is 0 Å². The minimum Gasteiger partial charge on any atom is -0.371 e. The van der Waals surface area contributed by atoms with Crippen molar-refractivity contribution in [2.24, 2.45) is 0 Å². The fourth-order valence-corrected chi connectivity index (χ4v) is 4.62. The molecule has 1 aliphatic heterocycles. The molecule has 6 nitrogen and oxygen atoms in total. The lowest BCUT2D eigenvalue weighted by molar-refractivity contribution is -0.130. The highest BCUT2D eigenvalue weighted by Gasteiger charge is 2.18. The summed E-state index contributed by atoms with van der Waals surface area (Å²) in [5.74, 6) is 0.0497. The maximum absolute atomic E-state index is 12.9. The lowest BCUT2D eigenvalue weighted by atomic mass is 10.1. The predicted octanol–water partition coefficient (Wildman–Crippen LogP) is 3.86. The van der Waals surface area contributed by atoms with Gasteiger partial charge in [-0.3, -0.25) is 13.9 Å². The second-order valence-corrected chi connectivity index (χ2v) is 8.34. The maximum atomic E-state index is 12.9. The molecule has 0 saturated carbocycles. The van der Waals surface area contributed by atoms with Gasteiger partial charge in [0.25, 0.3) is 0 Å². The van der Waals surface area contributed by atoms with E-state index in [0.717, 1.165) is 24.1 Å². The second kappa shape index (κ2) is 9.41. The van der Waals surface area contributed by atoms with Gasteiger partial charge in [0.2, 0.25) is 5.91 Å². The summed E-state index contributed by atoms with van der Waals surface area (Å²) in [6, 6.07) is 16.2. The number of imidazole rings is 1. The molecule has 0 N–H and O–H groups in total. The number of aryl methyl sites for hydroxylation is 2. The zero-order valence-electron chi connectivity index (χ0n) is 18.6. The molecule has 0 unspecified atom stereocenters. The van der Waals surface area contributed by atoms with E-state index in [4.69, 9.17) is 0 Å². The SMILES string of the molecule is CCn1c(=O)n(CCC(=O)N(C)Cc2ccccc2N2CCCCC2)c2ccccc21. The van der Waals surface area contributed by atoms with Gasteiger partial charge in [-0.05, 0) is 49.9 Å². The summed E-state index contributed by atoms with van der Waals surface area (Å²) in [4.78, 5) is 30.0. The quantitative estimate of drug-likeness (QED) is 0.583. The van der Waals surface area contributed by atoms with E-state index in [0.29, 0.717) is 26.1 Å². The third-order valence-electron chi connectivity index (χ3n) is 6.31. The van der Waals surface area contributed by atoms with Crippen LogP contribution in [-0.2, 0) is 24.4 Å². The van der Waals surface area contributed by atoms with Crippen LogP contribution in [0.5, 0.6) is 0 Å². The molecule has 0 atom stereocenters. The van der Waals surface area contributed by atoms with E-state index in [1.54, 1.807) is 14.0 Å². The molecule has 0 radical (unpaired) electrons. The van der Waals surface area contributed by atoms with E-state index in [2.05, 4.69) is 23.1 Å². The molecule has 1 saturated heterocycles. The van der Waals surface area contributed by atoms with E-state index in [1.165, 1.54) is 30.5 Å². The first-order chi connectivity index (χ1) is 15.1. The van der Waals surface area contributed by atoms with E-state index in [-0.39, 0.29) is 11.6 Å². The van der Waals surface area contributed by atoms with Crippen molar-refractivity contribution in [3.63, 3.8) is 0 Å². The number of carbonyl (C=O) groups is 1. The molecule has 0 aliphatic carbocycles. The lowest BCUT2D eigenvalue weighted by Gasteiger charge is -2.31. The number of hydrogen-bond acceptors (Lipinski definition) is 3. The van der Waals surface area contributed by atoms with Gasteiger partial charge in [-0.25, -0.2) is 4.79 Å². The van der Waals surface area contributed by atoms with Crippen LogP contribution < -0.4 is 10.6 Å². The van der Waals surface area contributed by atoms with E-state index in [9.17, 15) is 9.59 Å². The Bertz CT molecular complexity index is 1110. The van der Waals surface area contributed by atoms with Crippen molar-refractivity contribution in [1.29, 1.82) is 0 Å². The van der Waals surface area contributed by atoms with Crippen molar-refractivity contribution in [1.82, 2.24) is 14.0 Å². The molecule has 1 amide bonds. The summed E-state index contributed by atoms with van der Waals surface area (Å²) < 4.78 is 3.49. The van der Waals surface area contributed by atoms with Gasteiger partial charge in [0, 0.05) is 51.9 Å². The number of rotatable bonds is 7. The molecule has 2 heterocycles. The number of benzene rings is 2. The van der Waals surface area contributed by atoms with Gasteiger partial charge in [-0.1, -0.05) is 30.3 Å². The minimum absolute atomic E-state index is 0.0467. The molecule has 1 aliphatic rings. The Morgan fingerprint density at radius 1 is 0.935 bits per heavy atom. The smallest absolute Gasteiger partial charge is 0.329 e. The van der Waals surface area contributed by atoms with Crippen LogP contribution in [0.3, 0.4) is 0 Å². The Morgan fingerprint density at radius 2 is 1.58 bits per heavy atom. The number of carbonyl (C=O) groups excluding carboxylic acids is 1. The number of nitrogens with zero attached hydrogens (tertiary/aromatic N) is 4. The highest BCUT2D eigenvalue weighted by Crippen LogP contribution is 2.25. The molecule has 31 heavy (non-hydrogen) atoms. The maximum Gasteiger partial charge on any atom is 0.329 e.